The van der Waals surface area contributed by atoms with Crippen LogP contribution in [0.5, 0.6) is 5.88 Å². The van der Waals surface area contributed by atoms with Crippen molar-refractivity contribution in [1.29, 1.82) is 0 Å². The number of nitrogens with one attached hydrogen (secondary N) is 1. The predicted octanol–water partition coefficient (Wildman–Crippen LogP) is 0.489. The highest BCUT2D eigenvalue weighted by molar-refractivity contribution is 6.06. The highest BCUT2D eigenvalue weighted by Gasteiger charge is 2.13. The summed E-state index contributed by atoms with van der Waals surface area (Å²) in [5, 5.41) is 3.87. The molecule has 1 aromatic heterocycles. The molecule has 0 radical (unpaired) electrons. The summed E-state index contributed by atoms with van der Waals surface area (Å²) >= 11 is 0. The van der Waals surface area contributed by atoms with Gasteiger partial charge in [-0.25, -0.2) is 4.98 Å². The van der Waals surface area contributed by atoms with Gasteiger partial charge in [-0.05, 0) is 25.6 Å². The monoisotopic (exact) mass is 378 g/mol. The minimum Gasteiger partial charge on any atom is -1.00 e. The van der Waals surface area contributed by atoms with Crippen LogP contribution >= 0.6 is 0 Å². The van der Waals surface area contributed by atoms with Crippen molar-refractivity contribution in [3.8, 4) is 5.88 Å². The Bertz CT molecular complexity index is 690. The molecule has 0 aliphatic rings. The second-order valence-corrected chi connectivity index (χ2v) is 6.01. The smallest absolute Gasteiger partial charge is 0.252 e. The van der Waals surface area contributed by atoms with Gasteiger partial charge in [0.15, 0.2) is 0 Å². The van der Waals surface area contributed by atoms with E-state index in [0.717, 1.165) is 43.4 Å². The van der Waals surface area contributed by atoms with Gasteiger partial charge in [-0.3, -0.25) is 4.79 Å². The summed E-state index contributed by atoms with van der Waals surface area (Å²) in [6.07, 6.45) is 2.03. The van der Waals surface area contributed by atoms with Gasteiger partial charge in [0.2, 0.25) is 5.88 Å². The van der Waals surface area contributed by atoms with E-state index in [-0.39, 0.29) is 18.3 Å². The fourth-order valence-corrected chi connectivity index (χ4v) is 2.70. The molecular formula is C20H29ClN3O2-. The SMILES string of the molecule is CCCCOc1cc(C(=O)NCCN(CC)CC)c2ccccc2n1.[Cl-]. The molecule has 0 aliphatic heterocycles. The zero-order valence-electron chi connectivity index (χ0n) is 15.9. The first kappa shape index (κ1) is 22.2. The number of rotatable bonds is 10. The number of aromatic nitrogens is 1. The Kier molecular flexibility index (Phi) is 9.99. The first-order valence-corrected chi connectivity index (χ1v) is 9.22. The van der Waals surface area contributed by atoms with E-state index in [1.807, 2.05) is 24.3 Å². The average Bonchev–Trinajstić information content (AvgIpc) is 2.64. The number of halogens is 1. The summed E-state index contributed by atoms with van der Waals surface area (Å²) in [6, 6.07) is 9.44. The van der Waals surface area contributed by atoms with Crippen molar-refractivity contribution in [3.05, 3.63) is 35.9 Å². The molecule has 26 heavy (non-hydrogen) atoms. The van der Waals surface area contributed by atoms with Gasteiger partial charge in [-0.1, -0.05) is 45.4 Å². The minimum absolute atomic E-state index is 0. The molecule has 0 spiro atoms. The molecule has 1 heterocycles. The number of benzene rings is 1. The van der Waals surface area contributed by atoms with Gasteiger partial charge in [0.25, 0.3) is 5.91 Å². The van der Waals surface area contributed by atoms with Crippen LogP contribution in [-0.2, 0) is 0 Å². The number of fused-ring (bicyclic) bond motifs is 1. The van der Waals surface area contributed by atoms with E-state index in [2.05, 4.69) is 36.0 Å². The molecule has 0 bridgehead atoms. The van der Waals surface area contributed by atoms with Gasteiger partial charge < -0.3 is 27.4 Å². The Morgan fingerprint density at radius 2 is 1.92 bits per heavy atom. The molecule has 0 aliphatic carbocycles. The van der Waals surface area contributed by atoms with E-state index >= 15 is 0 Å². The number of likely N-dealkylation sites (N-methyl/N-ethyl adjacent to an activating group) is 1. The van der Waals surface area contributed by atoms with E-state index < -0.39 is 0 Å². The Hall–Kier alpha value is -1.85. The Morgan fingerprint density at radius 1 is 1.19 bits per heavy atom. The van der Waals surface area contributed by atoms with Crippen LogP contribution in [0.15, 0.2) is 30.3 Å². The molecule has 2 aromatic rings. The van der Waals surface area contributed by atoms with Crippen molar-refractivity contribution in [3.63, 3.8) is 0 Å². The van der Waals surface area contributed by atoms with Crippen LogP contribution in [0.1, 0.15) is 44.0 Å². The maximum atomic E-state index is 12.7. The van der Waals surface area contributed by atoms with Gasteiger partial charge in [0.05, 0.1) is 17.7 Å². The fourth-order valence-electron chi connectivity index (χ4n) is 2.70. The number of carbonyl (C=O) groups is 1. The molecule has 1 amide bonds. The standard InChI is InChI=1S/C20H29N3O2.ClH/c1-4-7-14-25-19-15-17(16-10-8-9-11-18(16)22-19)20(24)21-12-13-23(5-2)6-3;/h8-11,15H,4-7,12-14H2,1-3H3,(H,21,24);1H/p-1. The number of para-hydroxylation sites is 1. The lowest BCUT2D eigenvalue weighted by Gasteiger charge is -2.18. The van der Waals surface area contributed by atoms with Crippen molar-refractivity contribution in [2.75, 3.05) is 32.8 Å². The minimum atomic E-state index is -0.0777. The van der Waals surface area contributed by atoms with Crippen molar-refractivity contribution in [2.24, 2.45) is 0 Å². The number of hydrogen-bond donors (Lipinski definition) is 1. The summed E-state index contributed by atoms with van der Waals surface area (Å²) < 4.78 is 5.72. The first-order chi connectivity index (χ1) is 12.2. The molecule has 144 valence electrons. The molecule has 6 heteroatoms. The van der Waals surface area contributed by atoms with Gasteiger partial charge >= 0.3 is 0 Å². The van der Waals surface area contributed by atoms with Crippen LogP contribution in [0.3, 0.4) is 0 Å². The van der Waals surface area contributed by atoms with Gasteiger partial charge in [-0.15, -0.1) is 0 Å². The second-order valence-electron chi connectivity index (χ2n) is 6.01. The van der Waals surface area contributed by atoms with Crippen LogP contribution in [0, 0.1) is 0 Å². The van der Waals surface area contributed by atoms with E-state index in [4.69, 9.17) is 4.74 Å². The van der Waals surface area contributed by atoms with Gasteiger partial charge in [0, 0.05) is 24.5 Å². The third-order valence-corrected chi connectivity index (χ3v) is 4.29. The second kappa shape index (κ2) is 11.7. The molecule has 0 unspecified atom stereocenters. The predicted molar refractivity (Wildman–Crippen MR) is 102 cm³/mol. The quantitative estimate of drug-likeness (QED) is 0.611. The lowest BCUT2D eigenvalue weighted by Crippen LogP contribution is -3.00. The molecule has 0 atom stereocenters. The van der Waals surface area contributed by atoms with Gasteiger partial charge in [-0.2, -0.15) is 0 Å². The third kappa shape index (κ3) is 6.15. The molecule has 0 saturated carbocycles. The molecule has 0 fully saturated rings. The zero-order chi connectivity index (χ0) is 18.1. The molecule has 0 saturated heterocycles. The largest absolute Gasteiger partial charge is 1.00 e. The summed E-state index contributed by atoms with van der Waals surface area (Å²) in [6.45, 7) is 10.4. The van der Waals surface area contributed by atoms with Crippen molar-refractivity contribution in [1.82, 2.24) is 15.2 Å². The van der Waals surface area contributed by atoms with Crippen LogP contribution in [0.4, 0.5) is 0 Å². The maximum absolute atomic E-state index is 12.7. The van der Waals surface area contributed by atoms with Crippen molar-refractivity contribution >= 4 is 16.8 Å². The Balaban J connectivity index is 0.00000338. The van der Waals surface area contributed by atoms with Crippen molar-refractivity contribution < 1.29 is 21.9 Å². The molecular weight excluding hydrogens is 350 g/mol. The lowest BCUT2D eigenvalue weighted by atomic mass is 10.1. The number of hydrogen-bond acceptors (Lipinski definition) is 4. The fraction of sp³-hybridized carbons (Fsp3) is 0.500. The normalized spacial score (nSPS) is 10.6. The maximum Gasteiger partial charge on any atom is 0.252 e. The average molecular weight is 379 g/mol. The third-order valence-electron chi connectivity index (χ3n) is 4.29. The number of pyridine rings is 1. The zero-order valence-corrected chi connectivity index (χ0v) is 16.7. The Labute approximate surface area is 162 Å². The van der Waals surface area contributed by atoms with E-state index in [1.54, 1.807) is 6.07 Å². The van der Waals surface area contributed by atoms with E-state index in [1.165, 1.54) is 0 Å². The van der Waals surface area contributed by atoms with Crippen LogP contribution in [-0.4, -0.2) is 48.6 Å². The highest BCUT2D eigenvalue weighted by atomic mass is 35.5. The summed E-state index contributed by atoms with van der Waals surface area (Å²) in [5.74, 6) is 0.437. The van der Waals surface area contributed by atoms with Crippen LogP contribution in [0.2, 0.25) is 0 Å². The van der Waals surface area contributed by atoms with Crippen molar-refractivity contribution in [2.45, 2.75) is 33.6 Å². The highest BCUT2D eigenvalue weighted by Crippen LogP contribution is 2.22. The Morgan fingerprint density at radius 3 is 2.62 bits per heavy atom. The lowest BCUT2D eigenvalue weighted by molar-refractivity contribution is -0.0000143. The molecule has 5 nitrogen and oxygen atoms in total. The summed E-state index contributed by atoms with van der Waals surface area (Å²) in [4.78, 5) is 19.5. The summed E-state index contributed by atoms with van der Waals surface area (Å²) in [5.41, 5.74) is 1.40. The first-order valence-electron chi connectivity index (χ1n) is 9.22. The van der Waals surface area contributed by atoms with Crippen LogP contribution in [0.25, 0.3) is 10.9 Å². The van der Waals surface area contributed by atoms with Gasteiger partial charge in [0.1, 0.15) is 0 Å². The topological polar surface area (TPSA) is 54.5 Å². The molecule has 1 N–H and O–H groups in total. The number of nitrogens with zero attached hydrogens (tertiary/aromatic N) is 2. The number of amides is 1. The van der Waals surface area contributed by atoms with E-state index in [9.17, 15) is 4.79 Å². The van der Waals surface area contributed by atoms with Crippen LogP contribution < -0.4 is 22.5 Å². The summed E-state index contributed by atoms with van der Waals surface area (Å²) in [7, 11) is 0. The molecule has 2 rings (SSSR count). The number of ether oxygens (including phenoxy) is 1. The molecule has 1 aromatic carbocycles. The van der Waals surface area contributed by atoms with E-state index in [0.29, 0.717) is 24.6 Å². The number of unbranched alkanes of at least 4 members (excludes halogenated alkanes) is 1. The number of carbonyl (C=O) groups excluding carboxylic acids is 1.